The third-order valence-electron chi connectivity index (χ3n) is 2.80. The van der Waals surface area contributed by atoms with Crippen molar-refractivity contribution in [2.75, 3.05) is 13.2 Å². The second kappa shape index (κ2) is 5.30. The highest BCUT2D eigenvalue weighted by Gasteiger charge is 2.31. The SMILES string of the molecule is Cl.NC1(c2ccccc2Br)CCOCC1. The minimum Gasteiger partial charge on any atom is -0.381 e. The van der Waals surface area contributed by atoms with Crippen LogP contribution in [0.25, 0.3) is 0 Å². The first-order valence-electron chi connectivity index (χ1n) is 4.84. The van der Waals surface area contributed by atoms with Gasteiger partial charge in [0.1, 0.15) is 0 Å². The molecule has 4 heteroatoms. The van der Waals surface area contributed by atoms with Crippen LogP contribution in [0.2, 0.25) is 0 Å². The molecule has 84 valence electrons. The van der Waals surface area contributed by atoms with E-state index in [9.17, 15) is 0 Å². The fourth-order valence-corrected chi connectivity index (χ4v) is 2.55. The zero-order chi connectivity index (χ0) is 10.0. The topological polar surface area (TPSA) is 35.2 Å². The Hall–Kier alpha value is -0.0900. The number of benzene rings is 1. The Bertz CT molecular complexity index is 326. The van der Waals surface area contributed by atoms with Gasteiger partial charge in [-0.05, 0) is 24.5 Å². The van der Waals surface area contributed by atoms with Gasteiger partial charge in [0.2, 0.25) is 0 Å². The molecule has 0 saturated carbocycles. The molecule has 0 spiro atoms. The molecule has 1 saturated heterocycles. The molecule has 2 N–H and O–H groups in total. The summed E-state index contributed by atoms with van der Waals surface area (Å²) >= 11 is 3.55. The Morgan fingerprint density at radius 2 is 1.80 bits per heavy atom. The van der Waals surface area contributed by atoms with E-state index < -0.39 is 0 Å². The van der Waals surface area contributed by atoms with Crippen molar-refractivity contribution in [2.24, 2.45) is 5.73 Å². The molecule has 0 unspecified atom stereocenters. The maximum atomic E-state index is 6.37. The molecule has 1 aliphatic rings. The van der Waals surface area contributed by atoms with Crippen LogP contribution in [0.15, 0.2) is 28.7 Å². The molecule has 0 aliphatic carbocycles. The van der Waals surface area contributed by atoms with Crippen LogP contribution in [-0.2, 0) is 10.3 Å². The molecular weight excluding hydrogens is 277 g/mol. The number of hydrogen-bond acceptors (Lipinski definition) is 2. The molecular formula is C11H15BrClNO. The summed E-state index contributed by atoms with van der Waals surface area (Å²) in [6.45, 7) is 1.52. The van der Waals surface area contributed by atoms with Crippen molar-refractivity contribution < 1.29 is 4.74 Å². The molecule has 1 aliphatic heterocycles. The predicted molar refractivity (Wildman–Crippen MR) is 67.3 cm³/mol. The van der Waals surface area contributed by atoms with Gasteiger partial charge in [-0.3, -0.25) is 0 Å². The molecule has 15 heavy (non-hydrogen) atoms. The zero-order valence-corrected chi connectivity index (χ0v) is 10.8. The molecule has 1 fully saturated rings. The number of ether oxygens (including phenoxy) is 1. The summed E-state index contributed by atoms with van der Waals surface area (Å²) in [4.78, 5) is 0. The number of rotatable bonds is 1. The van der Waals surface area contributed by atoms with Crippen molar-refractivity contribution in [2.45, 2.75) is 18.4 Å². The summed E-state index contributed by atoms with van der Waals surface area (Å²) in [6.07, 6.45) is 1.80. The van der Waals surface area contributed by atoms with Crippen molar-refractivity contribution >= 4 is 28.3 Å². The largest absolute Gasteiger partial charge is 0.381 e. The highest BCUT2D eigenvalue weighted by molar-refractivity contribution is 9.10. The Morgan fingerprint density at radius 3 is 2.40 bits per heavy atom. The molecule has 1 aromatic carbocycles. The summed E-state index contributed by atoms with van der Waals surface area (Å²) in [5.41, 5.74) is 7.36. The van der Waals surface area contributed by atoms with Crippen LogP contribution in [0.4, 0.5) is 0 Å². The van der Waals surface area contributed by atoms with Gasteiger partial charge in [0.25, 0.3) is 0 Å². The van der Waals surface area contributed by atoms with E-state index in [0.717, 1.165) is 30.5 Å². The van der Waals surface area contributed by atoms with E-state index in [-0.39, 0.29) is 17.9 Å². The van der Waals surface area contributed by atoms with Crippen LogP contribution in [-0.4, -0.2) is 13.2 Å². The van der Waals surface area contributed by atoms with Crippen LogP contribution in [0.1, 0.15) is 18.4 Å². The van der Waals surface area contributed by atoms with Crippen LogP contribution < -0.4 is 5.73 Å². The summed E-state index contributed by atoms with van der Waals surface area (Å²) in [5.74, 6) is 0. The lowest BCUT2D eigenvalue weighted by Gasteiger charge is -2.34. The molecule has 1 aromatic rings. The normalized spacial score (nSPS) is 19.3. The third kappa shape index (κ3) is 2.72. The van der Waals surface area contributed by atoms with E-state index in [2.05, 4.69) is 22.0 Å². The van der Waals surface area contributed by atoms with Gasteiger partial charge >= 0.3 is 0 Å². The smallest absolute Gasteiger partial charge is 0.0486 e. The van der Waals surface area contributed by atoms with Gasteiger partial charge in [-0.1, -0.05) is 34.1 Å². The maximum Gasteiger partial charge on any atom is 0.0486 e. The Morgan fingerprint density at radius 1 is 1.20 bits per heavy atom. The number of hydrogen-bond donors (Lipinski definition) is 1. The summed E-state index contributed by atoms with van der Waals surface area (Å²) < 4.78 is 6.43. The summed E-state index contributed by atoms with van der Waals surface area (Å²) in [5, 5.41) is 0. The Labute approximate surface area is 105 Å². The highest BCUT2D eigenvalue weighted by atomic mass is 79.9. The van der Waals surface area contributed by atoms with E-state index in [1.54, 1.807) is 0 Å². The average molecular weight is 293 g/mol. The lowest BCUT2D eigenvalue weighted by atomic mass is 9.84. The lowest BCUT2D eigenvalue weighted by molar-refractivity contribution is 0.0520. The third-order valence-corrected chi connectivity index (χ3v) is 3.49. The zero-order valence-electron chi connectivity index (χ0n) is 8.41. The molecule has 0 amide bonds. The number of nitrogens with two attached hydrogens (primary N) is 1. The van der Waals surface area contributed by atoms with Crippen molar-refractivity contribution in [3.8, 4) is 0 Å². The van der Waals surface area contributed by atoms with Crippen molar-refractivity contribution in [1.82, 2.24) is 0 Å². The molecule has 2 nitrogen and oxygen atoms in total. The van der Waals surface area contributed by atoms with Crippen LogP contribution in [0.5, 0.6) is 0 Å². The Kier molecular flexibility index (Phi) is 4.59. The van der Waals surface area contributed by atoms with Gasteiger partial charge < -0.3 is 10.5 Å². The first kappa shape index (κ1) is 13.0. The molecule has 0 radical (unpaired) electrons. The van der Waals surface area contributed by atoms with E-state index in [1.807, 2.05) is 18.2 Å². The lowest BCUT2D eigenvalue weighted by Crippen LogP contribution is -2.42. The minimum atomic E-state index is -0.210. The van der Waals surface area contributed by atoms with Crippen LogP contribution >= 0.6 is 28.3 Å². The molecule has 0 atom stereocenters. The van der Waals surface area contributed by atoms with Gasteiger partial charge in [0, 0.05) is 23.2 Å². The van der Waals surface area contributed by atoms with E-state index in [0.29, 0.717) is 0 Å². The highest BCUT2D eigenvalue weighted by Crippen LogP contribution is 2.33. The molecule has 2 rings (SSSR count). The van der Waals surface area contributed by atoms with Crippen molar-refractivity contribution in [1.29, 1.82) is 0 Å². The maximum absolute atomic E-state index is 6.37. The monoisotopic (exact) mass is 291 g/mol. The second-order valence-electron chi connectivity index (χ2n) is 3.75. The van der Waals surface area contributed by atoms with Crippen LogP contribution in [0.3, 0.4) is 0 Å². The fourth-order valence-electron chi connectivity index (χ4n) is 1.87. The van der Waals surface area contributed by atoms with Gasteiger partial charge in [-0.15, -0.1) is 12.4 Å². The Balaban J connectivity index is 0.00000112. The molecule has 1 heterocycles. The quantitative estimate of drug-likeness (QED) is 0.864. The molecule has 0 aromatic heterocycles. The first-order chi connectivity index (χ1) is 6.72. The van der Waals surface area contributed by atoms with Gasteiger partial charge in [-0.25, -0.2) is 0 Å². The minimum absolute atomic E-state index is 0. The van der Waals surface area contributed by atoms with E-state index in [4.69, 9.17) is 10.5 Å². The summed E-state index contributed by atoms with van der Waals surface area (Å²) in [7, 11) is 0. The summed E-state index contributed by atoms with van der Waals surface area (Å²) in [6, 6.07) is 8.18. The second-order valence-corrected chi connectivity index (χ2v) is 4.60. The first-order valence-corrected chi connectivity index (χ1v) is 5.63. The average Bonchev–Trinajstić information content (AvgIpc) is 2.19. The predicted octanol–water partition coefficient (Wildman–Crippen LogP) is 2.84. The van der Waals surface area contributed by atoms with Gasteiger partial charge in [-0.2, -0.15) is 0 Å². The van der Waals surface area contributed by atoms with Crippen molar-refractivity contribution in [3.05, 3.63) is 34.3 Å². The van der Waals surface area contributed by atoms with Gasteiger partial charge in [0.15, 0.2) is 0 Å². The van der Waals surface area contributed by atoms with Crippen molar-refractivity contribution in [3.63, 3.8) is 0 Å². The number of halogens is 2. The standard InChI is InChI=1S/C11H14BrNO.ClH/c12-10-4-2-1-3-9(10)11(13)5-7-14-8-6-11;/h1-4H,5-8,13H2;1H. The van der Waals surface area contributed by atoms with E-state index in [1.165, 1.54) is 5.56 Å². The fraction of sp³-hybridized carbons (Fsp3) is 0.455. The van der Waals surface area contributed by atoms with Gasteiger partial charge in [0.05, 0.1) is 0 Å². The van der Waals surface area contributed by atoms with E-state index >= 15 is 0 Å². The van der Waals surface area contributed by atoms with Crippen LogP contribution in [0, 0.1) is 0 Å². The molecule has 0 bridgehead atoms.